The normalized spacial score (nSPS) is 14.6. The third-order valence-corrected chi connectivity index (χ3v) is 4.26. The number of aliphatic imine (C=N–C) groups is 1. The van der Waals surface area contributed by atoms with Crippen LogP contribution < -0.4 is 9.47 Å². The molecule has 0 saturated carbocycles. The highest BCUT2D eigenvalue weighted by Gasteiger charge is 2.27. The number of halogens is 4. The number of carbonyl (C=O) groups is 2. The number of hydrogen-bond acceptors (Lipinski definition) is 6. The number of nitrogens with zero attached hydrogens (tertiary/aromatic N) is 1. The van der Waals surface area contributed by atoms with Gasteiger partial charge in [0, 0.05) is 6.92 Å². The van der Waals surface area contributed by atoms with Crippen molar-refractivity contribution in [2.75, 3.05) is 7.11 Å². The minimum atomic E-state index is -1.17. The van der Waals surface area contributed by atoms with Crippen LogP contribution in [-0.2, 0) is 14.3 Å². The van der Waals surface area contributed by atoms with Crippen molar-refractivity contribution in [2.45, 2.75) is 6.92 Å². The Kier molecular flexibility index (Phi) is 5.86. The van der Waals surface area contributed by atoms with Gasteiger partial charge in [-0.2, -0.15) is 0 Å². The second-order valence-corrected chi connectivity index (χ2v) is 6.52. The van der Waals surface area contributed by atoms with Gasteiger partial charge in [-0.25, -0.2) is 18.6 Å². The number of benzene rings is 2. The molecule has 0 aromatic heterocycles. The monoisotopic (exact) mass is 441 g/mol. The minimum absolute atomic E-state index is 0.0237. The van der Waals surface area contributed by atoms with E-state index in [0.717, 1.165) is 12.1 Å². The van der Waals surface area contributed by atoms with Crippen molar-refractivity contribution in [1.82, 2.24) is 0 Å². The molecule has 10 heteroatoms. The molecule has 0 bridgehead atoms. The number of hydrogen-bond donors (Lipinski definition) is 0. The third kappa shape index (κ3) is 4.38. The molecule has 0 amide bonds. The van der Waals surface area contributed by atoms with Gasteiger partial charge in [-0.05, 0) is 35.9 Å². The van der Waals surface area contributed by atoms with Crippen LogP contribution in [-0.4, -0.2) is 24.9 Å². The van der Waals surface area contributed by atoms with Crippen LogP contribution in [0.5, 0.6) is 11.5 Å². The van der Waals surface area contributed by atoms with Crippen LogP contribution in [0, 0.1) is 11.6 Å². The summed E-state index contributed by atoms with van der Waals surface area (Å²) in [5.74, 6) is -3.84. The molecular formula is C19H11Cl2F2NO5. The minimum Gasteiger partial charge on any atom is -0.493 e. The lowest BCUT2D eigenvalue weighted by Gasteiger charge is -2.10. The van der Waals surface area contributed by atoms with Crippen LogP contribution >= 0.6 is 23.2 Å². The second kappa shape index (κ2) is 8.18. The maximum absolute atomic E-state index is 13.5. The van der Waals surface area contributed by atoms with Gasteiger partial charge in [-0.15, -0.1) is 0 Å². The molecule has 29 heavy (non-hydrogen) atoms. The number of methoxy groups -OCH3 is 1. The maximum atomic E-state index is 13.5. The molecule has 2 aromatic carbocycles. The summed E-state index contributed by atoms with van der Waals surface area (Å²) in [4.78, 5) is 27.3. The van der Waals surface area contributed by atoms with Crippen LogP contribution in [0.1, 0.15) is 18.1 Å². The summed E-state index contributed by atoms with van der Waals surface area (Å²) >= 11 is 12.0. The zero-order valence-electron chi connectivity index (χ0n) is 14.9. The first-order valence-corrected chi connectivity index (χ1v) is 8.68. The highest BCUT2D eigenvalue weighted by Crippen LogP contribution is 2.37. The molecule has 0 fully saturated rings. The fraction of sp³-hybridized carbons (Fsp3) is 0.105. The lowest BCUT2D eigenvalue weighted by molar-refractivity contribution is -0.132. The zero-order valence-corrected chi connectivity index (χ0v) is 16.4. The van der Waals surface area contributed by atoms with E-state index >= 15 is 0 Å². The molecule has 0 radical (unpaired) electrons. The number of cyclic esters (lactones) is 1. The Labute approximate surface area is 173 Å². The summed E-state index contributed by atoms with van der Waals surface area (Å²) in [7, 11) is 1.35. The van der Waals surface area contributed by atoms with Crippen molar-refractivity contribution in [3.63, 3.8) is 0 Å². The predicted octanol–water partition coefficient (Wildman–Crippen LogP) is 4.55. The van der Waals surface area contributed by atoms with E-state index in [2.05, 4.69) is 4.99 Å². The molecule has 0 atom stereocenters. The van der Waals surface area contributed by atoms with Crippen molar-refractivity contribution >= 4 is 47.1 Å². The molecule has 0 spiro atoms. The topological polar surface area (TPSA) is 74.2 Å². The largest absolute Gasteiger partial charge is 0.493 e. The fourth-order valence-electron chi connectivity index (χ4n) is 2.43. The quantitative estimate of drug-likeness (QED) is 0.301. The number of rotatable bonds is 4. The van der Waals surface area contributed by atoms with Gasteiger partial charge in [-0.3, -0.25) is 4.79 Å². The molecule has 1 heterocycles. The Morgan fingerprint density at radius 2 is 1.83 bits per heavy atom. The van der Waals surface area contributed by atoms with Gasteiger partial charge in [0.15, 0.2) is 28.8 Å². The van der Waals surface area contributed by atoms with Gasteiger partial charge in [0.25, 0.3) is 0 Å². The highest BCUT2D eigenvalue weighted by atomic mass is 35.5. The lowest BCUT2D eigenvalue weighted by Crippen LogP contribution is -2.07. The second-order valence-electron chi connectivity index (χ2n) is 5.71. The summed E-state index contributed by atoms with van der Waals surface area (Å²) in [6.45, 7) is 1.21. The summed E-state index contributed by atoms with van der Waals surface area (Å²) in [5.41, 5.74) is 0.165. The molecule has 6 nitrogen and oxygen atoms in total. The number of ether oxygens (including phenoxy) is 3. The van der Waals surface area contributed by atoms with E-state index in [1.807, 2.05) is 0 Å². The Morgan fingerprint density at radius 1 is 1.14 bits per heavy atom. The summed E-state index contributed by atoms with van der Waals surface area (Å²) in [6, 6.07) is 4.41. The molecule has 0 saturated heterocycles. The van der Waals surface area contributed by atoms with Gasteiger partial charge in [0.05, 0.1) is 22.7 Å². The Morgan fingerprint density at radius 3 is 2.48 bits per heavy atom. The number of esters is 2. The van der Waals surface area contributed by atoms with Crippen LogP contribution in [0.15, 0.2) is 35.0 Å². The van der Waals surface area contributed by atoms with Crippen LogP contribution in [0.25, 0.3) is 6.08 Å². The average Bonchev–Trinajstić information content (AvgIpc) is 3.00. The van der Waals surface area contributed by atoms with Crippen molar-refractivity contribution in [3.05, 3.63) is 62.8 Å². The summed E-state index contributed by atoms with van der Waals surface area (Å²) < 4.78 is 41.9. The van der Waals surface area contributed by atoms with Gasteiger partial charge >= 0.3 is 11.9 Å². The molecule has 3 rings (SSSR count). The van der Waals surface area contributed by atoms with E-state index in [-0.39, 0.29) is 38.7 Å². The molecular weight excluding hydrogens is 431 g/mol. The SMILES string of the molecule is COc1cc(/C=C2\N=C(c3cc(F)c(F)cc3Cl)OC2=O)cc(Cl)c1OC(C)=O. The van der Waals surface area contributed by atoms with Crippen molar-refractivity contribution in [1.29, 1.82) is 0 Å². The molecule has 150 valence electrons. The van der Waals surface area contributed by atoms with Gasteiger partial charge in [0.2, 0.25) is 5.90 Å². The van der Waals surface area contributed by atoms with Crippen molar-refractivity contribution in [3.8, 4) is 11.5 Å². The lowest BCUT2D eigenvalue weighted by atomic mass is 10.1. The van der Waals surface area contributed by atoms with Crippen LogP contribution in [0.4, 0.5) is 8.78 Å². The average molecular weight is 442 g/mol. The molecule has 1 aliphatic heterocycles. The van der Waals surface area contributed by atoms with E-state index < -0.39 is 23.6 Å². The molecule has 1 aliphatic rings. The summed E-state index contributed by atoms with van der Waals surface area (Å²) in [6.07, 6.45) is 1.33. The van der Waals surface area contributed by atoms with Crippen molar-refractivity contribution in [2.24, 2.45) is 4.99 Å². The molecule has 0 N–H and O–H groups in total. The number of carbonyl (C=O) groups excluding carboxylic acids is 2. The van der Waals surface area contributed by atoms with E-state index in [1.54, 1.807) is 0 Å². The molecule has 0 aliphatic carbocycles. The van der Waals surface area contributed by atoms with E-state index in [9.17, 15) is 18.4 Å². The molecule has 0 unspecified atom stereocenters. The standard InChI is InChI=1S/C19H11Cl2F2NO5/c1-8(25)28-17-12(21)3-9(5-16(17)27-2)4-15-19(26)29-18(24-15)10-6-13(22)14(23)7-11(10)20/h3-7H,1-2H3/b15-4-. The zero-order chi connectivity index (χ0) is 21.3. The van der Waals surface area contributed by atoms with E-state index in [4.69, 9.17) is 37.4 Å². The first kappa shape index (κ1) is 20.8. The smallest absolute Gasteiger partial charge is 0.363 e. The van der Waals surface area contributed by atoms with E-state index in [0.29, 0.717) is 5.56 Å². The van der Waals surface area contributed by atoms with Crippen molar-refractivity contribution < 1.29 is 32.6 Å². The third-order valence-electron chi connectivity index (χ3n) is 3.66. The van der Waals surface area contributed by atoms with E-state index in [1.165, 1.54) is 32.2 Å². The van der Waals surface area contributed by atoms with Crippen LogP contribution in [0.3, 0.4) is 0 Å². The predicted molar refractivity (Wildman–Crippen MR) is 101 cm³/mol. The van der Waals surface area contributed by atoms with Gasteiger partial charge in [0.1, 0.15) is 0 Å². The summed E-state index contributed by atoms with van der Waals surface area (Å²) in [5, 5.41) is -0.113. The van der Waals surface area contributed by atoms with Gasteiger partial charge < -0.3 is 14.2 Å². The van der Waals surface area contributed by atoms with Gasteiger partial charge in [-0.1, -0.05) is 23.2 Å². The Bertz CT molecular complexity index is 1100. The highest BCUT2D eigenvalue weighted by molar-refractivity contribution is 6.34. The maximum Gasteiger partial charge on any atom is 0.363 e. The Balaban J connectivity index is 2.01. The first-order chi connectivity index (χ1) is 13.7. The molecule has 2 aromatic rings. The van der Waals surface area contributed by atoms with Crippen LogP contribution in [0.2, 0.25) is 10.0 Å². The Hall–Kier alpha value is -2.97. The first-order valence-electron chi connectivity index (χ1n) is 7.93. The fourth-order valence-corrected chi connectivity index (χ4v) is 2.92.